The Morgan fingerprint density at radius 3 is 1.98 bits per heavy atom. The first-order valence-corrected chi connectivity index (χ1v) is 17.0. The molecule has 43 heavy (non-hydrogen) atoms. The van der Waals surface area contributed by atoms with E-state index in [-0.39, 0.29) is 18.3 Å². The summed E-state index contributed by atoms with van der Waals surface area (Å²) >= 11 is 0. The third-order valence-corrected chi connectivity index (χ3v) is 13.7. The number of fused-ring (bicyclic) bond motifs is 2. The largest absolute Gasteiger partial charge is 0.404 e. The Hall–Kier alpha value is -2.88. The Morgan fingerprint density at radius 2 is 1.37 bits per heavy atom. The molecule has 7 heteroatoms. The van der Waals surface area contributed by atoms with Crippen LogP contribution in [0, 0.1) is 0 Å². The van der Waals surface area contributed by atoms with Crippen LogP contribution in [0.1, 0.15) is 40.2 Å². The molecular weight excluding hydrogens is 556 g/mol. The van der Waals surface area contributed by atoms with Crippen molar-refractivity contribution in [3.05, 3.63) is 109 Å². The number of aliphatic hydroxyl groups is 1. The quantitative estimate of drug-likeness (QED) is 0.255. The van der Waals surface area contributed by atoms with Crippen molar-refractivity contribution >= 4 is 29.5 Å². The van der Waals surface area contributed by atoms with Crippen molar-refractivity contribution in [3.63, 3.8) is 0 Å². The lowest BCUT2D eigenvalue weighted by molar-refractivity contribution is -0.257. The highest BCUT2D eigenvalue weighted by Crippen LogP contribution is 2.45. The first-order chi connectivity index (χ1) is 20.6. The molecule has 4 aromatic carbocycles. The van der Waals surface area contributed by atoms with E-state index in [0.717, 1.165) is 21.3 Å². The third kappa shape index (κ3) is 5.60. The van der Waals surface area contributed by atoms with E-state index >= 15 is 0 Å². The summed E-state index contributed by atoms with van der Waals surface area (Å²) < 4.78 is 33.0. The van der Waals surface area contributed by atoms with Gasteiger partial charge in [-0.1, -0.05) is 118 Å². The van der Waals surface area contributed by atoms with Crippen LogP contribution in [0.5, 0.6) is 0 Å². The number of hydrogen-bond acceptors (Lipinski definition) is 6. The van der Waals surface area contributed by atoms with Crippen molar-refractivity contribution in [2.45, 2.75) is 76.1 Å². The third-order valence-electron chi connectivity index (χ3n) is 8.72. The minimum absolute atomic E-state index is 0.110. The molecule has 6 rings (SSSR count). The molecule has 4 atom stereocenters. The van der Waals surface area contributed by atoms with Gasteiger partial charge in [0.15, 0.2) is 12.1 Å². The second kappa shape index (κ2) is 11.6. The summed E-state index contributed by atoms with van der Waals surface area (Å²) in [7, 11) is -2.92. The smallest absolute Gasteiger partial charge is 0.261 e. The van der Waals surface area contributed by atoms with Gasteiger partial charge in [0, 0.05) is 0 Å². The zero-order chi connectivity index (χ0) is 30.3. The Morgan fingerprint density at radius 1 is 0.767 bits per heavy atom. The summed E-state index contributed by atoms with van der Waals surface area (Å²) in [5.74, 6) is -0.833. The molecule has 2 fully saturated rings. The molecule has 2 heterocycles. The van der Waals surface area contributed by atoms with E-state index in [0.29, 0.717) is 6.61 Å². The van der Waals surface area contributed by atoms with Crippen molar-refractivity contribution < 1.29 is 28.5 Å². The monoisotopic (exact) mass is 598 g/mol. The van der Waals surface area contributed by atoms with Crippen LogP contribution in [0.3, 0.4) is 0 Å². The highest BCUT2D eigenvalue weighted by Gasteiger charge is 2.64. The van der Waals surface area contributed by atoms with E-state index in [1.807, 2.05) is 38.1 Å². The molecule has 2 saturated heterocycles. The summed E-state index contributed by atoms with van der Waals surface area (Å²) in [5, 5.41) is 15.5. The number of rotatable bonds is 9. The predicted molar refractivity (Wildman–Crippen MR) is 171 cm³/mol. The van der Waals surface area contributed by atoms with Gasteiger partial charge in [-0.2, -0.15) is 0 Å². The van der Waals surface area contributed by atoms with Crippen molar-refractivity contribution in [2.75, 3.05) is 13.2 Å². The molecule has 4 aromatic rings. The van der Waals surface area contributed by atoms with E-state index in [4.69, 9.17) is 23.4 Å². The van der Waals surface area contributed by atoms with Gasteiger partial charge in [0.1, 0.15) is 17.8 Å². The van der Waals surface area contributed by atoms with Crippen molar-refractivity contribution in [1.29, 1.82) is 0 Å². The van der Waals surface area contributed by atoms with Crippen LogP contribution >= 0.6 is 0 Å². The molecule has 0 saturated carbocycles. The molecule has 0 bridgehead atoms. The predicted octanol–water partition coefficient (Wildman–Crippen LogP) is 5.54. The van der Waals surface area contributed by atoms with Gasteiger partial charge in [0.25, 0.3) is 8.32 Å². The summed E-state index contributed by atoms with van der Waals surface area (Å²) in [6.45, 7) is 10.6. The van der Waals surface area contributed by atoms with Gasteiger partial charge in [0.05, 0.1) is 19.8 Å². The number of benzene rings is 4. The summed E-state index contributed by atoms with van der Waals surface area (Å²) in [6, 6.07) is 35.5. The fourth-order valence-electron chi connectivity index (χ4n) is 6.69. The normalized spacial score (nSPS) is 25.2. The van der Waals surface area contributed by atoms with Crippen molar-refractivity contribution in [3.8, 4) is 0 Å². The highest BCUT2D eigenvalue weighted by atomic mass is 28.4. The number of hydrogen-bond donors (Lipinski definition) is 1. The zero-order valence-electron chi connectivity index (χ0n) is 25.7. The molecular formula is C36H42O6Si. The fraction of sp³-hybridized carbons (Fsp3) is 0.389. The molecule has 0 radical (unpaired) electrons. The maximum Gasteiger partial charge on any atom is 0.261 e. The second-order valence-electron chi connectivity index (χ2n) is 13.2. The van der Waals surface area contributed by atoms with Crippen LogP contribution < -0.4 is 10.4 Å². The average Bonchev–Trinajstić information content (AvgIpc) is 3.44. The lowest BCUT2D eigenvalue weighted by Gasteiger charge is -2.45. The van der Waals surface area contributed by atoms with Gasteiger partial charge in [-0.15, -0.1) is 0 Å². The number of aliphatic hydroxyl groups excluding tert-OH is 1. The Balaban J connectivity index is 1.36. The molecule has 2 aliphatic heterocycles. The molecule has 0 aliphatic carbocycles. The van der Waals surface area contributed by atoms with Gasteiger partial charge in [-0.3, -0.25) is 0 Å². The Labute approximate surface area is 255 Å². The van der Waals surface area contributed by atoms with Crippen LogP contribution in [0.4, 0.5) is 0 Å². The van der Waals surface area contributed by atoms with Gasteiger partial charge in [-0.05, 0) is 51.7 Å². The van der Waals surface area contributed by atoms with E-state index in [1.54, 1.807) is 0 Å². The Kier molecular flexibility index (Phi) is 8.11. The first kappa shape index (κ1) is 30.2. The molecule has 0 spiro atoms. The van der Waals surface area contributed by atoms with Gasteiger partial charge in [0.2, 0.25) is 0 Å². The van der Waals surface area contributed by atoms with E-state index in [2.05, 4.69) is 99.6 Å². The molecule has 6 nitrogen and oxygen atoms in total. The number of ether oxygens (including phenoxy) is 4. The fourth-order valence-corrected chi connectivity index (χ4v) is 11.3. The summed E-state index contributed by atoms with van der Waals surface area (Å²) in [6.07, 6.45) is -1.84. The minimum Gasteiger partial charge on any atom is -0.404 e. The van der Waals surface area contributed by atoms with E-state index in [9.17, 15) is 5.11 Å². The molecule has 226 valence electrons. The molecule has 0 amide bonds. The van der Waals surface area contributed by atoms with Crippen LogP contribution in [-0.2, 0) is 30.0 Å². The second-order valence-corrected chi connectivity index (χ2v) is 17.5. The SMILES string of the molecule is CC1(C)O[C@H]2O[C@@](CO)(CO[Si](c3ccccc3)(c3ccccc3)C(C)(C)C)[C@@H](OCc3ccc4ccccc4c3)[C@H]2O1. The average molecular weight is 599 g/mol. The summed E-state index contributed by atoms with van der Waals surface area (Å²) in [5.41, 5.74) is -0.171. The van der Waals surface area contributed by atoms with Crippen LogP contribution in [0.2, 0.25) is 5.04 Å². The van der Waals surface area contributed by atoms with Gasteiger partial charge in [-0.25, -0.2) is 0 Å². The van der Waals surface area contributed by atoms with Crippen molar-refractivity contribution in [1.82, 2.24) is 0 Å². The minimum atomic E-state index is -2.92. The highest BCUT2D eigenvalue weighted by molar-refractivity contribution is 6.99. The van der Waals surface area contributed by atoms with Crippen LogP contribution in [0.15, 0.2) is 103 Å². The lowest BCUT2D eigenvalue weighted by Crippen LogP contribution is -2.68. The van der Waals surface area contributed by atoms with E-state index in [1.165, 1.54) is 5.39 Å². The topological polar surface area (TPSA) is 66.4 Å². The molecule has 1 N–H and O–H groups in total. The van der Waals surface area contributed by atoms with Gasteiger partial charge < -0.3 is 28.5 Å². The van der Waals surface area contributed by atoms with Crippen LogP contribution in [-0.4, -0.2) is 56.5 Å². The molecule has 0 unspecified atom stereocenters. The van der Waals surface area contributed by atoms with Crippen LogP contribution in [0.25, 0.3) is 10.8 Å². The molecule has 2 aliphatic rings. The van der Waals surface area contributed by atoms with E-state index < -0.39 is 38.2 Å². The lowest BCUT2D eigenvalue weighted by atomic mass is 9.96. The molecule has 0 aromatic heterocycles. The Bertz CT molecular complexity index is 1500. The first-order valence-electron chi connectivity index (χ1n) is 15.1. The standard InChI is InChI=1S/C36H42O6Si/c1-34(2,3)43(29-16-8-6-9-17-29,30-18-10-7-11-19-30)39-25-36(24-37)32(31-33(42-36)41-35(4,5)40-31)38-23-26-20-21-27-14-12-13-15-28(27)22-26/h6-22,31-33,37H,23-25H2,1-5H3/t31-,32+,33+,36+/m1/s1. The van der Waals surface area contributed by atoms with Gasteiger partial charge >= 0.3 is 0 Å². The zero-order valence-corrected chi connectivity index (χ0v) is 26.7. The maximum atomic E-state index is 11.1. The summed E-state index contributed by atoms with van der Waals surface area (Å²) in [4.78, 5) is 0. The maximum absolute atomic E-state index is 11.1. The van der Waals surface area contributed by atoms with Crippen molar-refractivity contribution in [2.24, 2.45) is 0 Å².